The SMILES string of the molecule is CCCNC(Cc1ccoc1)c1sccc1C. The maximum Gasteiger partial charge on any atom is 0.0935 e. The van der Waals surface area contributed by atoms with Crippen LogP contribution in [0.4, 0.5) is 0 Å². The number of rotatable bonds is 6. The van der Waals surface area contributed by atoms with Gasteiger partial charge in [-0.1, -0.05) is 6.92 Å². The van der Waals surface area contributed by atoms with Crippen LogP contribution in [0.2, 0.25) is 0 Å². The van der Waals surface area contributed by atoms with E-state index in [9.17, 15) is 0 Å². The fourth-order valence-electron chi connectivity index (χ4n) is 1.96. The fourth-order valence-corrected chi connectivity index (χ4v) is 2.97. The Hall–Kier alpha value is -1.06. The minimum absolute atomic E-state index is 0.410. The van der Waals surface area contributed by atoms with Crippen molar-refractivity contribution in [3.05, 3.63) is 46.0 Å². The molecule has 1 N–H and O–H groups in total. The molecular weight excluding hydrogens is 230 g/mol. The lowest BCUT2D eigenvalue weighted by molar-refractivity contribution is 0.525. The number of aryl methyl sites for hydroxylation is 1. The average Bonchev–Trinajstić information content (AvgIpc) is 2.95. The monoisotopic (exact) mass is 249 g/mol. The highest BCUT2D eigenvalue weighted by molar-refractivity contribution is 7.10. The summed E-state index contributed by atoms with van der Waals surface area (Å²) in [5.41, 5.74) is 2.64. The van der Waals surface area contributed by atoms with Gasteiger partial charge in [-0.2, -0.15) is 0 Å². The minimum atomic E-state index is 0.410. The van der Waals surface area contributed by atoms with Crippen molar-refractivity contribution in [3.63, 3.8) is 0 Å². The van der Waals surface area contributed by atoms with Gasteiger partial charge in [-0.25, -0.2) is 0 Å². The molecule has 0 aliphatic carbocycles. The molecule has 1 unspecified atom stereocenters. The predicted molar refractivity (Wildman–Crippen MR) is 72.5 cm³/mol. The number of furan rings is 1. The van der Waals surface area contributed by atoms with Crippen LogP contribution in [-0.2, 0) is 6.42 Å². The zero-order valence-corrected chi connectivity index (χ0v) is 11.2. The minimum Gasteiger partial charge on any atom is -0.472 e. The van der Waals surface area contributed by atoms with Gasteiger partial charge in [0.25, 0.3) is 0 Å². The first kappa shape index (κ1) is 12.4. The van der Waals surface area contributed by atoms with Gasteiger partial charge in [0.05, 0.1) is 12.5 Å². The van der Waals surface area contributed by atoms with E-state index in [-0.39, 0.29) is 0 Å². The topological polar surface area (TPSA) is 25.2 Å². The van der Waals surface area contributed by atoms with Crippen molar-refractivity contribution in [3.8, 4) is 0 Å². The summed E-state index contributed by atoms with van der Waals surface area (Å²) in [4.78, 5) is 1.44. The Bertz CT molecular complexity index is 433. The van der Waals surface area contributed by atoms with E-state index in [4.69, 9.17) is 4.42 Å². The first-order chi connectivity index (χ1) is 8.31. The van der Waals surface area contributed by atoms with Gasteiger partial charge >= 0.3 is 0 Å². The van der Waals surface area contributed by atoms with E-state index in [1.807, 2.05) is 23.7 Å². The second-order valence-electron chi connectivity index (χ2n) is 4.31. The summed E-state index contributed by atoms with van der Waals surface area (Å²) >= 11 is 1.84. The standard InChI is InChI=1S/C14H19NOS/c1-3-6-15-13(9-12-4-7-16-10-12)14-11(2)5-8-17-14/h4-5,7-8,10,13,15H,3,6,9H2,1-2H3. The number of nitrogens with one attached hydrogen (secondary N) is 1. The maximum atomic E-state index is 5.14. The summed E-state index contributed by atoms with van der Waals surface area (Å²) in [6, 6.07) is 4.65. The van der Waals surface area contributed by atoms with E-state index in [1.165, 1.54) is 16.0 Å². The van der Waals surface area contributed by atoms with E-state index in [0.717, 1.165) is 19.4 Å². The molecule has 0 spiro atoms. The zero-order valence-electron chi connectivity index (χ0n) is 10.4. The summed E-state index contributed by atoms with van der Waals surface area (Å²) in [6.45, 7) is 5.44. The molecule has 1 atom stereocenters. The smallest absolute Gasteiger partial charge is 0.0935 e. The Kier molecular flexibility index (Phi) is 4.40. The van der Waals surface area contributed by atoms with Crippen molar-refractivity contribution in [1.82, 2.24) is 5.32 Å². The molecule has 2 heterocycles. The first-order valence-electron chi connectivity index (χ1n) is 6.09. The van der Waals surface area contributed by atoms with Crippen molar-refractivity contribution in [1.29, 1.82) is 0 Å². The van der Waals surface area contributed by atoms with Gasteiger partial charge in [0.1, 0.15) is 0 Å². The molecule has 3 heteroatoms. The molecule has 0 saturated heterocycles. The molecule has 2 aromatic rings. The molecule has 2 rings (SSSR count). The highest BCUT2D eigenvalue weighted by Crippen LogP contribution is 2.27. The van der Waals surface area contributed by atoms with Crippen molar-refractivity contribution in [2.75, 3.05) is 6.54 Å². The predicted octanol–water partition coefficient (Wildman–Crippen LogP) is 3.93. The highest BCUT2D eigenvalue weighted by atomic mass is 32.1. The summed E-state index contributed by atoms with van der Waals surface area (Å²) in [5, 5.41) is 5.79. The molecule has 0 aliphatic heterocycles. The van der Waals surface area contributed by atoms with Crippen molar-refractivity contribution >= 4 is 11.3 Å². The Morgan fingerprint density at radius 3 is 2.88 bits per heavy atom. The Labute approximate surface area is 107 Å². The van der Waals surface area contributed by atoms with Gasteiger partial charge in [0.15, 0.2) is 0 Å². The zero-order chi connectivity index (χ0) is 12.1. The van der Waals surface area contributed by atoms with Crippen LogP contribution in [0.15, 0.2) is 34.5 Å². The van der Waals surface area contributed by atoms with Gasteiger partial charge in [-0.05, 0) is 54.9 Å². The highest BCUT2D eigenvalue weighted by Gasteiger charge is 2.15. The van der Waals surface area contributed by atoms with Crippen LogP contribution < -0.4 is 5.32 Å². The van der Waals surface area contributed by atoms with E-state index in [1.54, 1.807) is 6.26 Å². The third-order valence-electron chi connectivity index (χ3n) is 2.88. The van der Waals surface area contributed by atoms with Crippen LogP contribution in [0.3, 0.4) is 0 Å². The van der Waals surface area contributed by atoms with Crippen LogP contribution in [-0.4, -0.2) is 6.54 Å². The van der Waals surface area contributed by atoms with Gasteiger partial charge < -0.3 is 9.73 Å². The second kappa shape index (κ2) is 6.03. The lowest BCUT2D eigenvalue weighted by Crippen LogP contribution is -2.23. The van der Waals surface area contributed by atoms with Gasteiger partial charge in [-0.3, -0.25) is 0 Å². The molecule has 17 heavy (non-hydrogen) atoms. The number of hydrogen-bond acceptors (Lipinski definition) is 3. The largest absolute Gasteiger partial charge is 0.472 e. The molecule has 0 saturated carbocycles. The molecule has 2 aromatic heterocycles. The van der Waals surface area contributed by atoms with Gasteiger partial charge in [-0.15, -0.1) is 11.3 Å². The van der Waals surface area contributed by atoms with E-state index < -0.39 is 0 Å². The summed E-state index contributed by atoms with van der Waals surface area (Å²) in [5.74, 6) is 0. The molecule has 92 valence electrons. The van der Waals surface area contributed by atoms with E-state index in [0.29, 0.717) is 6.04 Å². The van der Waals surface area contributed by atoms with Crippen LogP contribution in [0.25, 0.3) is 0 Å². The van der Waals surface area contributed by atoms with Gasteiger partial charge in [0.2, 0.25) is 0 Å². The van der Waals surface area contributed by atoms with Crippen LogP contribution in [0, 0.1) is 6.92 Å². The first-order valence-corrected chi connectivity index (χ1v) is 6.97. The number of hydrogen-bond donors (Lipinski definition) is 1. The second-order valence-corrected chi connectivity index (χ2v) is 5.26. The quantitative estimate of drug-likeness (QED) is 0.839. The molecule has 0 aliphatic rings. The molecular formula is C14H19NOS. The molecule has 0 fully saturated rings. The molecule has 0 radical (unpaired) electrons. The fraction of sp³-hybridized carbons (Fsp3) is 0.429. The average molecular weight is 249 g/mol. The third-order valence-corrected chi connectivity index (χ3v) is 4.01. The summed E-state index contributed by atoms with van der Waals surface area (Å²) in [6.07, 6.45) is 5.74. The Morgan fingerprint density at radius 2 is 2.29 bits per heavy atom. The molecule has 0 amide bonds. The Balaban J connectivity index is 2.11. The lowest BCUT2D eigenvalue weighted by atomic mass is 10.0. The van der Waals surface area contributed by atoms with E-state index in [2.05, 4.69) is 30.6 Å². The number of thiophene rings is 1. The Morgan fingerprint density at radius 1 is 1.41 bits per heavy atom. The van der Waals surface area contributed by atoms with E-state index >= 15 is 0 Å². The normalized spacial score (nSPS) is 12.8. The molecule has 0 aromatic carbocycles. The third kappa shape index (κ3) is 3.20. The van der Waals surface area contributed by atoms with Crippen LogP contribution >= 0.6 is 11.3 Å². The lowest BCUT2D eigenvalue weighted by Gasteiger charge is -2.17. The van der Waals surface area contributed by atoms with Crippen LogP contribution in [0.1, 0.15) is 35.4 Å². The summed E-state index contributed by atoms with van der Waals surface area (Å²) < 4.78 is 5.14. The van der Waals surface area contributed by atoms with Crippen LogP contribution in [0.5, 0.6) is 0 Å². The van der Waals surface area contributed by atoms with Crippen molar-refractivity contribution in [2.45, 2.75) is 32.7 Å². The summed E-state index contributed by atoms with van der Waals surface area (Å²) in [7, 11) is 0. The molecule has 2 nitrogen and oxygen atoms in total. The van der Waals surface area contributed by atoms with Gasteiger partial charge in [0, 0.05) is 10.9 Å². The molecule has 0 bridgehead atoms. The van der Waals surface area contributed by atoms with Crippen molar-refractivity contribution in [2.24, 2.45) is 0 Å². The maximum absolute atomic E-state index is 5.14. The van der Waals surface area contributed by atoms with Crippen molar-refractivity contribution < 1.29 is 4.42 Å².